The number of aromatic nitrogens is 2. The number of carbonyl (C=O) groups is 2. The Morgan fingerprint density at radius 3 is 2.83 bits per heavy atom. The number of H-pyrrole nitrogens is 1. The Bertz CT molecular complexity index is 1120. The van der Waals surface area contributed by atoms with Crippen LogP contribution in [0.3, 0.4) is 0 Å². The minimum Gasteiger partial charge on any atom is -0.465 e. The number of carbonyl (C=O) groups excluding carboxylic acids is 1. The van der Waals surface area contributed by atoms with E-state index in [4.69, 9.17) is 4.42 Å². The largest absolute Gasteiger partial charge is 0.465 e. The van der Waals surface area contributed by atoms with E-state index in [1.54, 1.807) is 12.5 Å². The fourth-order valence-electron chi connectivity index (χ4n) is 4.48. The van der Waals surface area contributed by atoms with Gasteiger partial charge in [-0.1, -0.05) is 6.08 Å². The van der Waals surface area contributed by atoms with Gasteiger partial charge in [-0.25, -0.2) is 9.78 Å². The number of pyridine rings is 1. The summed E-state index contributed by atoms with van der Waals surface area (Å²) in [4.78, 5) is 33.0. The van der Waals surface area contributed by atoms with E-state index in [1.807, 2.05) is 39.1 Å². The van der Waals surface area contributed by atoms with Crippen molar-refractivity contribution < 1.29 is 19.1 Å². The normalized spacial score (nSPS) is 17.0. The number of fused-ring (bicyclic) bond motifs is 1. The summed E-state index contributed by atoms with van der Waals surface area (Å²) < 4.78 is 5.60. The Labute approximate surface area is 174 Å². The lowest BCUT2D eigenvalue weighted by atomic mass is 9.84. The van der Waals surface area contributed by atoms with E-state index in [-0.39, 0.29) is 6.04 Å². The molecule has 0 bridgehead atoms. The zero-order valence-electron chi connectivity index (χ0n) is 17.3. The van der Waals surface area contributed by atoms with E-state index >= 15 is 0 Å². The Hall–Kier alpha value is -3.35. The third-order valence-electron chi connectivity index (χ3n) is 5.61. The van der Waals surface area contributed by atoms with Crippen LogP contribution >= 0.6 is 0 Å². The number of carboxylic acid groups (broad SMARTS) is 1. The molecule has 3 aromatic heterocycles. The highest BCUT2D eigenvalue weighted by molar-refractivity contribution is 6.05. The maximum Gasteiger partial charge on any atom is 0.407 e. The fraction of sp³-hybridized carbons (Fsp3) is 0.348. The lowest BCUT2D eigenvalue weighted by molar-refractivity contribution is 0.0678. The first kappa shape index (κ1) is 19.9. The number of nitrogens with one attached hydrogen (secondary N) is 1. The third-order valence-corrected chi connectivity index (χ3v) is 5.61. The molecule has 1 aliphatic carbocycles. The van der Waals surface area contributed by atoms with Crippen molar-refractivity contribution in [2.45, 2.75) is 51.6 Å². The topological polar surface area (TPSA) is 99.4 Å². The van der Waals surface area contributed by atoms with Crippen molar-refractivity contribution in [3.05, 3.63) is 48.0 Å². The summed E-state index contributed by atoms with van der Waals surface area (Å²) in [6, 6.07) is 3.51. The molecule has 2 N–H and O–H groups in total. The summed E-state index contributed by atoms with van der Waals surface area (Å²) in [7, 11) is 0. The first-order valence-electron chi connectivity index (χ1n) is 10.0. The van der Waals surface area contributed by atoms with Crippen LogP contribution in [0.4, 0.5) is 4.79 Å². The molecule has 0 aromatic carbocycles. The van der Waals surface area contributed by atoms with Crippen molar-refractivity contribution in [2.75, 3.05) is 0 Å². The van der Waals surface area contributed by atoms with Gasteiger partial charge in [-0.05, 0) is 57.7 Å². The van der Waals surface area contributed by atoms with Gasteiger partial charge in [-0.2, -0.15) is 0 Å². The highest BCUT2D eigenvalue weighted by atomic mass is 16.4. The van der Waals surface area contributed by atoms with Gasteiger partial charge in [0.25, 0.3) is 0 Å². The van der Waals surface area contributed by atoms with Gasteiger partial charge in [-0.3, -0.25) is 4.79 Å². The minimum atomic E-state index is -0.929. The summed E-state index contributed by atoms with van der Waals surface area (Å²) in [5, 5.41) is 10.7. The molecule has 4 rings (SSSR count). The Kier molecular flexibility index (Phi) is 4.97. The van der Waals surface area contributed by atoms with Crippen LogP contribution < -0.4 is 0 Å². The Morgan fingerprint density at radius 2 is 2.20 bits per heavy atom. The van der Waals surface area contributed by atoms with Crippen molar-refractivity contribution in [1.29, 1.82) is 0 Å². The van der Waals surface area contributed by atoms with Gasteiger partial charge < -0.3 is 19.4 Å². The van der Waals surface area contributed by atoms with Gasteiger partial charge >= 0.3 is 6.09 Å². The number of hydrogen-bond donors (Lipinski definition) is 2. The van der Waals surface area contributed by atoms with Crippen molar-refractivity contribution >= 4 is 29.0 Å². The van der Waals surface area contributed by atoms with Gasteiger partial charge in [-0.15, -0.1) is 0 Å². The van der Waals surface area contributed by atoms with Crippen molar-refractivity contribution in [1.82, 2.24) is 14.9 Å². The van der Waals surface area contributed by atoms with E-state index in [2.05, 4.69) is 16.0 Å². The standard InChI is InChI=1S/C23H25N3O4/c1-23(2,3)26(22(28)29)16-7-4-6-14(10-16)19-15(13-27)11-24-21-20(19)17(12-25-21)18-8-5-9-30-18/h5-6,8-9,11-13,16H,4,7,10H2,1-3H3,(H,24,25)(H,28,29). The first-order chi connectivity index (χ1) is 14.3. The molecule has 1 amide bonds. The number of rotatable bonds is 4. The molecule has 0 saturated carbocycles. The molecule has 3 heterocycles. The van der Waals surface area contributed by atoms with Gasteiger partial charge in [0.1, 0.15) is 11.4 Å². The van der Waals surface area contributed by atoms with Crippen molar-refractivity contribution in [3.8, 4) is 11.3 Å². The maximum atomic E-state index is 12.0. The van der Waals surface area contributed by atoms with Crippen LogP contribution in [0.15, 0.2) is 41.3 Å². The summed E-state index contributed by atoms with van der Waals surface area (Å²) in [6.07, 6.45) is 9.01. The Morgan fingerprint density at radius 1 is 1.40 bits per heavy atom. The molecule has 7 nitrogen and oxygen atoms in total. The molecular formula is C23H25N3O4. The van der Waals surface area contributed by atoms with E-state index < -0.39 is 11.6 Å². The molecule has 0 saturated heterocycles. The molecule has 0 fully saturated rings. The molecule has 0 aliphatic heterocycles. The lowest BCUT2D eigenvalue weighted by Gasteiger charge is -2.41. The number of nitrogens with zero attached hydrogens (tertiary/aromatic N) is 2. The molecule has 1 atom stereocenters. The Balaban J connectivity index is 1.85. The maximum absolute atomic E-state index is 12.0. The second kappa shape index (κ2) is 7.48. The van der Waals surface area contributed by atoms with Gasteiger partial charge in [0.05, 0.1) is 6.26 Å². The van der Waals surface area contributed by atoms with Crippen LogP contribution in [-0.2, 0) is 0 Å². The summed E-state index contributed by atoms with van der Waals surface area (Å²) >= 11 is 0. The number of aromatic amines is 1. The molecule has 1 unspecified atom stereocenters. The fourth-order valence-corrected chi connectivity index (χ4v) is 4.48. The number of furan rings is 1. The second-order valence-corrected chi connectivity index (χ2v) is 8.60. The van der Waals surface area contributed by atoms with E-state index in [0.717, 1.165) is 41.2 Å². The molecular weight excluding hydrogens is 382 g/mol. The predicted molar refractivity (Wildman–Crippen MR) is 114 cm³/mol. The van der Waals surface area contributed by atoms with Crippen molar-refractivity contribution in [2.24, 2.45) is 0 Å². The van der Waals surface area contributed by atoms with Gasteiger partial charge in [0.15, 0.2) is 6.29 Å². The van der Waals surface area contributed by atoms with E-state index in [9.17, 15) is 14.7 Å². The summed E-state index contributed by atoms with van der Waals surface area (Å²) in [6.45, 7) is 5.71. The number of hydrogen-bond acceptors (Lipinski definition) is 4. The average Bonchev–Trinajstić information content (AvgIpc) is 3.35. The highest BCUT2D eigenvalue weighted by Crippen LogP contribution is 2.40. The quantitative estimate of drug-likeness (QED) is 0.568. The molecule has 1 aliphatic rings. The summed E-state index contributed by atoms with van der Waals surface area (Å²) in [5.74, 6) is 0.683. The second-order valence-electron chi connectivity index (χ2n) is 8.60. The smallest absolute Gasteiger partial charge is 0.407 e. The lowest BCUT2D eigenvalue weighted by Crippen LogP contribution is -2.51. The third kappa shape index (κ3) is 3.40. The monoisotopic (exact) mass is 407 g/mol. The predicted octanol–water partition coefficient (Wildman–Crippen LogP) is 5.35. The molecule has 30 heavy (non-hydrogen) atoms. The van der Waals surface area contributed by atoms with Crippen molar-refractivity contribution in [3.63, 3.8) is 0 Å². The molecule has 3 aromatic rings. The zero-order chi connectivity index (χ0) is 21.5. The van der Waals surface area contributed by atoms with Gasteiger partial charge in [0.2, 0.25) is 0 Å². The van der Waals surface area contributed by atoms with Crippen LogP contribution in [0, 0.1) is 0 Å². The summed E-state index contributed by atoms with van der Waals surface area (Å²) in [5.41, 5.74) is 3.22. The number of aldehydes is 1. The van der Waals surface area contributed by atoms with Crippen LogP contribution in [0.5, 0.6) is 0 Å². The number of amides is 1. The van der Waals surface area contributed by atoms with Crippen LogP contribution in [-0.4, -0.2) is 43.9 Å². The van der Waals surface area contributed by atoms with Crippen LogP contribution in [0.2, 0.25) is 0 Å². The first-order valence-corrected chi connectivity index (χ1v) is 10.0. The van der Waals surface area contributed by atoms with E-state index in [1.165, 1.54) is 4.90 Å². The average molecular weight is 407 g/mol. The molecule has 156 valence electrons. The van der Waals surface area contributed by atoms with E-state index in [0.29, 0.717) is 23.4 Å². The SMILES string of the molecule is CC(C)(C)N(C(=O)O)C1CCC=C(c2c(C=O)cnc3[nH]cc(-c4ccco4)c23)C1. The molecule has 0 spiro atoms. The zero-order valence-corrected chi connectivity index (χ0v) is 17.3. The number of allylic oxidation sites excluding steroid dienone is 1. The highest BCUT2D eigenvalue weighted by Gasteiger charge is 2.35. The van der Waals surface area contributed by atoms with Crippen LogP contribution in [0.25, 0.3) is 27.9 Å². The van der Waals surface area contributed by atoms with Crippen LogP contribution in [0.1, 0.15) is 56.0 Å². The van der Waals surface area contributed by atoms with Gasteiger partial charge in [0, 0.05) is 46.1 Å². The minimum absolute atomic E-state index is 0.170. The molecule has 0 radical (unpaired) electrons. The molecule has 7 heteroatoms.